The van der Waals surface area contributed by atoms with Gasteiger partial charge in [0.1, 0.15) is 0 Å². The summed E-state index contributed by atoms with van der Waals surface area (Å²) in [5, 5.41) is 13.4. The molecule has 1 saturated heterocycles. The molecule has 0 spiro atoms. The minimum atomic E-state index is -0.0750. The van der Waals surface area contributed by atoms with E-state index in [2.05, 4.69) is 17.1 Å². The molecule has 3 heteroatoms. The van der Waals surface area contributed by atoms with Crippen LogP contribution in [0.1, 0.15) is 32.6 Å². The van der Waals surface area contributed by atoms with Crippen molar-refractivity contribution in [2.75, 3.05) is 19.6 Å². The SMILES string of the molecule is C[C@@H]1CN(C2CCCCC2O)CCN1. The summed E-state index contributed by atoms with van der Waals surface area (Å²) in [6.07, 6.45) is 4.62. The van der Waals surface area contributed by atoms with Gasteiger partial charge in [0.05, 0.1) is 6.10 Å². The first kappa shape index (κ1) is 10.4. The lowest BCUT2D eigenvalue weighted by Crippen LogP contribution is -2.56. The fourth-order valence-corrected chi connectivity index (χ4v) is 2.78. The lowest BCUT2D eigenvalue weighted by atomic mass is 9.90. The van der Waals surface area contributed by atoms with Crippen molar-refractivity contribution >= 4 is 0 Å². The molecular weight excluding hydrogens is 176 g/mol. The van der Waals surface area contributed by atoms with Crippen molar-refractivity contribution in [1.82, 2.24) is 10.2 Å². The van der Waals surface area contributed by atoms with Gasteiger partial charge >= 0.3 is 0 Å². The number of aliphatic hydroxyl groups excluding tert-OH is 1. The summed E-state index contributed by atoms with van der Waals surface area (Å²) in [6.45, 7) is 5.50. The Kier molecular flexibility index (Phi) is 3.42. The molecule has 1 aliphatic heterocycles. The standard InChI is InChI=1S/C11H22N2O/c1-9-8-13(7-6-12-9)10-4-2-3-5-11(10)14/h9-12,14H,2-8H2,1H3/t9-,10?,11?/m1/s1. The Labute approximate surface area is 86.5 Å². The van der Waals surface area contributed by atoms with Gasteiger partial charge in [-0.15, -0.1) is 0 Å². The highest BCUT2D eigenvalue weighted by Crippen LogP contribution is 2.23. The number of rotatable bonds is 1. The van der Waals surface area contributed by atoms with E-state index in [9.17, 15) is 5.11 Å². The molecule has 1 heterocycles. The number of hydrogen-bond acceptors (Lipinski definition) is 3. The van der Waals surface area contributed by atoms with Crippen molar-refractivity contribution in [3.05, 3.63) is 0 Å². The zero-order valence-electron chi connectivity index (χ0n) is 9.08. The number of hydrogen-bond donors (Lipinski definition) is 2. The molecule has 1 saturated carbocycles. The third-order valence-electron chi connectivity index (χ3n) is 3.56. The van der Waals surface area contributed by atoms with Gasteiger partial charge in [0.25, 0.3) is 0 Å². The summed E-state index contributed by atoms with van der Waals surface area (Å²) in [6, 6.07) is 1.02. The summed E-state index contributed by atoms with van der Waals surface area (Å²) < 4.78 is 0. The van der Waals surface area contributed by atoms with Gasteiger partial charge in [0.15, 0.2) is 0 Å². The van der Waals surface area contributed by atoms with Crippen molar-refractivity contribution in [2.24, 2.45) is 0 Å². The highest BCUT2D eigenvalue weighted by Gasteiger charge is 2.30. The lowest BCUT2D eigenvalue weighted by molar-refractivity contribution is 0.00824. The van der Waals surface area contributed by atoms with Gasteiger partial charge in [0.2, 0.25) is 0 Å². The fraction of sp³-hybridized carbons (Fsp3) is 1.00. The van der Waals surface area contributed by atoms with Crippen molar-refractivity contribution < 1.29 is 5.11 Å². The second kappa shape index (κ2) is 4.60. The van der Waals surface area contributed by atoms with Gasteiger partial charge in [-0.05, 0) is 19.8 Å². The summed E-state index contributed by atoms with van der Waals surface area (Å²) in [4.78, 5) is 2.48. The zero-order valence-corrected chi connectivity index (χ0v) is 9.08. The van der Waals surface area contributed by atoms with Crippen LogP contribution in [-0.4, -0.2) is 47.8 Å². The van der Waals surface area contributed by atoms with Crippen LogP contribution in [0.2, 0.25) is 0 Å². The lowest BCUT2D eigenvalue weighted by Gasteiger charge is -2.41. The van der Waals surface area contributed by atoms with Crippen LogP contribution < -0.4 is 5.32 Å². The highest BCUT2D eigenvalue weighted by molar-refractivity contribution is 4.87. The molecule has 1 aliphatic carbocycles. The summed E-state index contributed by atoms with van der Waals surface area (Å²) in [5.74, 6) is 0. The number of aliphatic hydroxyl groups is 1. The van der Waals surface area contributed by atoms with E-state index in [-0.39, 0.29) is 6.10 Å². The quantitative estimate of drug-likeness (QED) is 0.647. The largest absolute Gasteiger partial charge is 0.391 e. The Hall–Kier alpha value is -0.120. The van der Waals surface area contributed by atoms with Crippen LogP contribution in [0.5, 0.6) is 0 Å². The maximum absolute atomic E-state index is 9.95. The van der Waals surface area contributed by atoms with Crippen LogP contribution in [0.15, 0.2) is 0 Å². The van der Waals surface area contributed by atoms with Crippen molar-refractivity contribution in [3.8, 4) is 0 Å². The van der Waals surface area contributed by atoms with Gasteiger partial charge in [-0.3, -0.25) is 4.90 Å². The van der Waals surface area contributed by atoms with E-state index in [1.54, 1.807) is 0 Å². The predicted octanol–water partition coefficient (Wildman–Crippen LogP) is 0.584. The van der Waals surface area contributed by atoms with Crippen LogP contribution in [0.3, 0.4) is 0 Å². The molecule has 2 unspecified atom stereocenters. The van der Waals surface area contributed by atoms with E-state index in [0.717, 1.165) is 26.1 Å². The van der Waals surface area contributed by atoms with Crippen LogP contribution in [0.25, 0.3) is 0 Å². The van der Waals surface area contributed by atoms with E-state index in [1.165, 1.54) is 19.3 Å². The van der Waals surface area contributed by atoms with Crippen molar-refractivity contribution in [3.63, 3.8) is 0 Å². The van der Waals surface area contributed by atoms with Crippen LogP contribution in [0, 0.1) is 0 Å². The number of nitrogens with zero attached hydrogens (tertiary/aromatic N) is 1. The van der Waals surface area contributed by atoms with E-state index in [0.29, 0.717) is 12.1 Å². The minimum Gasteiger partial charge on any atom is -0.391 e. The summed E-state index contributed by atoms with van der Waals surface area (Å²) in [5.41, 5.74) is 0. The van der Waals surface area contributed by atoms with Gasteiger partial charge in [-0.1, -0.05) is 12.8 Å². The molecule has 2 N–H and O–H groups in total. The van der Waals surface area contributed by atoms with Gasteiger partial charge in [-0.2, -0.15) is 0 Å². The molecular formula is C11H22N2O. The normalized spacial score (nSPS) is 41.1. The first-order valence-electron chi connectivity index (χ1n) is 5.93. The van der Waals surface area contributed by atoms with E-state index >= 15 is 0 Å². The van der Waals surface area contributed by atoms with Gasteiger partial charge in [0, 0.05) is 31.7 Å². The second-order valence-electron chi connectivity index (χ2n) is 4.77. The molecule has 82 valence electrons. The number of nitrogens with one attached hydrogen (secondary N) is 1. The molecule has 0 radical (unpaired) electrons. The van der Waals surface area contributed by atoms with E-state index in [4.69, 9.17) is 0 Å². The van der Waals surface area contributed by atoms with E-state index < -0.39 is 0 Å². The van der Waals surface area contributed by atoms with Crippen LogP contribution in [0.4, 0.5) is 0 Å². The Bertz CT molecular complexity index is 186. The summed E-state index contributed by atoms with van der Waals surface area (Å²) >= 11 is 0. The molecule has 3 atom stereocenters. The molecule has 0 aromatic carbocycles. The molecule has 0 amide bonds. The molecule has 2 aliphatic rings. The molecule has 2 fully saturated rings. The molecule has 0 aromatic rings. The summed E-state index contributed by atoms with van der Waals surface area (Å²) in [7, 11) is 0. The number of piperazine rings is 1. The highest BCUT2D eigenvalue weighted by atomic mass is 16.3. The van der Waals surface area contributed by atoms with Gasteiger partial charge < -0.3 is 10.4 Å². The third-order valence-corrected chi connectivity index (χ3v) is 3.56. The van der Waals surface area contributed by atoms with Crippen LogP contribution >= 0.6 is 0 Å². The Morgan fingerprint density at radius 1 is 1.29 bits per heavy atom. The monoisotopic (exact) mass is 198 g/mol. The minimum absolute atomic E-state index is 0.0750. The second-order valence-corrected chi connectivity index (χ2v) is 4.77. The predicted molar refractivity (Wildman–Crippen MR) is 57.3 cm³/mol. The molecule has 3 nitrogen and oxygen atoms in total. The van der Waals surface area contributed by atoms with Crippen molar-refractivity contribution in [2.45, 2.75) is 50.8 Å². The van der Waals surface area contributed by atoms with Crippen LogP contribution in [-0.2, 0) is 0 Å². The average Bonchev–Trinajstić information content (AvgIpc) is 2.18. The van der Waals surface area contributed by atoms with Gasteiger partial charge in [-0.25, -0.2) is 0 Å². The molecule has 14 heavy (non-hydrogen) atoms. The first-order valence-corrected chi connectivity index (χ1v) is 5.93. The fourth-order valence-electron chi connectivity index (χ4n) is 2.78. The Balaban J connectivity index is 1.91. The zero-order chi connectivity index (χ0) is 9.97. The first-order chi connectivity index (χ1) is 6.77. The maximum atomic E-state index is 9.95. The Morgan fingerprint density at radius 3 is 2.79 bits per heavy atom. The van der Waals surface area contributed by atoms with Crippen molar-refractivity contribution in [1.29, 1.82) is 0 Å². The smallest absolute Gasteiger partial charge is 0.0695 e. The molecule has 2 rings (SSSR count). The topological polar surface area (TPSA) is 35.5 Å². The Morgan fingerprint density at radius 2 is 2.07 bits per heavy atom. The third kappa shape index (κ3) is 2.27. The average molecular weight is 198 g/mol. The molecule has 0 bridgehead atoms. The van der Waals surface area contributed by atoms with E-state index in [1.807, 2.05) is 0 Å². The maximum Gasteiger partial charge on any atom is 0.0695 e. The molecule has 0 aromatic heterocycles.